The lowest BCUT2D eigenvalue weighted by atomic mass is 10.0. The normalized spacial score (nSPS) is 10.8. The summed E-state index contributed by atoms with van der Waals surface area (Å²) in [5.41, 5.74) is 0. The van der Waals surface area contributed by atoms with Crippen LogP contribution in [0.4, 0.5) is 0 Å². The Bertz CT molecular complexity index is 228. The molecule has 132 valence electrons. The summed E-state index contributed by atoms with van der Waals surface area (Å²) in [6.45, 7) is 5.28. The molecule has 0 fully saturated rings. The van der Waals surface area contributed by atoms with Gasteiger partial charge in [-0.1, -0.05) is 97.3 Å². The molecule has 2 heteroatoms. The molecule has 0 spiro atoms. The van der Waals surface area contributed by atoms with Crippen LogP contribution in [0.25, 0.3) is 0 Å². The summed E-state index contributed by atoms with van der Waals surface area (Å²) in [5, 5.41) is 2.99. The fraction of sp³-hybridized carbons (Fsp3) is 0.950. The number of hydrogen-bond donors (Lipinski definition) is 1. The van der Waals surface area contributed by atoms with E-state index in [1.54, 1.807) is 0 Å². The molecule has 0 heterocycles. The second kappa shape index (κ2) is 18.5. The van der Waals surface area contributed by atoms with Crippen LogP contribution in [0.5, 0.6) is 0 Å². The van der Waals surface area contributed by atoms with E-state index in [2.05, 4.69) is 19.2 Å². The molecule has 1 amide bonds. The van der Waals surface area contributed by atoms with Gasteiger partial charge in [-0.25, -0.2) is 0 Å². The second-order valence-electron chi connectivity index (χ2n) is 6.70. The predicted octanol–water partition coefficient (Wildman–Crippen LogP) is 6.38. The van der Waals surface area contributed by atoms with Gasteiger partial charge in [0.1, 0.15) is 0 Å². The van der Waals surface area contributed by atoms with E-state index in [0.717, 1.165) is 32.2 Å². The third-order valence-electron chi connectivity index (χ3n) is 4.36. The van der Waals surface area contributed by atoms with Crippen LogP contribution in [0.2, 0.25) is 0 Å². The number of amides is 1. The van der Waals surface area contributed by atoms with Gasteiger partial charge in [-0.15, -0.1) is 0 Å². The van der Waals surface area contributed by atoms with Crippen LogP contribution in [-0.2, 0) is 4.79 Å². The van der Waals surface area contributed by atoms with Gasteiger partial charge in [0.15, 0.2) is 0 Å². The van der Waals surface area contributed by atoms with Crippen LogP contribution in [0, 0.1) is 0 Å². The molecular weight excluding hydrogens is 270 g/mol. The summed E-state index contributed by atoms with van der Waals surface area (Å²) in [7, 11) is 0. The molecule has 0 saturated carbocycles. The Labute approximate surface area is 139 Å². The van der Waals surface area contributed by atoms with E-state index in [1.807, 2.05) is 0 Å². The van der Waals surface area contributed by atoms with Crippen molar-refractivity contribution >= 4 is 5.91 Å². The Balaban J connectivity index is 3.06. The van der Waals surface area contributed by atoms with Crippen molar-refractivity contribution < 1.29 is 4.79 Å². The van der Waals surface area contributed by atoms with E-state index in [9.17, 15) is 4.79 Å². The lowest BCUT2D eigenvalue weighted by molar-refractivity contribution is -0.121. The number of unbranched alkanes of at least 4 members (excludes halogenated alkanes) is 13. The van der Waals surface area contributed by atoms with E-state index in [1.165, 1.54) is 77.0 Å². The van der Waals surface area contributed by atoms with Crippen LogP contribution >= 0.6 is 0 Å². The Morgan fingerprint density at radius 3 is 1.45 bits per heavy atom. The van der Waals surface area contributed by atoms with Crippen LogP contribution in [-0.4, -0.2) is 12.5 Å². The summed E-state index contributed by atoms with van der Waals surface area (Å²) in [6.07, 6.45) is 20.6. The van der Waals surface area contributed by atoms with Gasteiger partial charge in [-0.3, -0.25) is 4.79 Å². The average Bonchev–Trinajstić information content (AvgIpc) is 2.52. The lowest BCUT2D eigenvalue weighted by Crippen LogP contribution is -2.23. The maximum absolute atomic E-state index is 11.5. The van der Waals surface area contributed by atoms with E-state index >= 15 is 0 Å². The summed E-state index contributed by atoms with van der Waals surface area (Å²) >= 11 is 0. The first kappa shape index (κ1) is 21.5. The Hall–Kier alpha value is -0.530. The molecule has 0 rings (SSSR count). The van der Waals surface area contributed by atoms with Crippen molar-refractivity contribution in [2.45, 2.75) is 117 Å². The molecule has 22 heavy (non-hydrogen) atoms. The first-order valence-electron chi connectivity index (χ1n) is 10.1. The van der Waals surface area contributed by atoms with Crippen molar-refractivity contribution in [3.8, 4) is 0 Å². The number of carbonyl (C=O) groups is 1. The minimum absolute atomic E-state index is 0.247. The molecular formula is C20H41NO. The van der Waals surface area contributed by atoms with E-state index < -0.39 is 0 Å². The fourth-order valence-corrected chi connectivity index (χ4v) is 2.80. The monoisotopic (exact) mass is 311 g/mol. The van der Waals surface area contributed by atoms with Gasteiger partial charge in [0.05, 0.1) is 0 Å². The molecule has 0 unspecified atom stereocenters. The molecule has 2 nitrogen and oxygen atoms in total. The summed E-state index contributed by atoms with van der Waals surface area (Å²) in [6, 6.07) is 0. The van der Waals surface area contributed by atoms with Crippen LogP contribution in [0.1, 0.15) is 117 Å². The van der Waals surface area contributed by atoms with Crippen LogP contribution < -0.4 is 5.32 Å². The van der Waals surface area contributed by atoms with Crippen LogP contribution in [0.3, 0.4) is 0 Å². The highest BCUT2D eigenvalue weighted by Gasteiger charge is 1.99. The first-order chi connectivity index (χ1) is 10.8. The van der Waals surface area contributed by atoms with Crippen molar-refractivity contribution in [2.24, 2.45) is 0 Å². The maximum atomic E-state index is 11.5. The molecule has 0 aromatic heterocycles. The highest BCUT2D eigenvalue weighted by atomic mass is 16.1. The smallest absolute Gasteiger partial charge is 0.219 e. The molecule has 0 aromatic carbocycles. The predicted molar refractivity (Wildman–Crippen MR) is 98.2 cm³/mol. The van der Waals surface area contributed by atoms with Gasteiger partial charge >= 0.3 is 0 Å². The van der Waals surface area contributed by atoms with E-state index in [0.29, 0.717) is 0 Å². The molecule has 0 aliphatic carbocycles. The fourth-order valence-electron chi connectivity index (χ4n) is 2.80. The topological polar surface area (TPSA) is 29.1 Å². The lowest BCUT2D eigenvalue weighted by Gasteiger charge is -2.04. The molecule has 0 bridgehead atoms. The number of rotatable bonds is 17. The van der Waals surface area contributed by atoms with Crippen molar-refractivity contribution in [3.63, 3.8) is 0 Å². The Morgan fingerprint density at radius 1 is 0.591 bits per heavy atom. The van der Waals surface area contributed by atoms with Gasteiger partial charge in [-0.05, 0) is 12.8 Å². The summed E-state index contributed by atoms with van der Waals surface area (Å²) in [4.78, 5) is 11.5. The van der Waals surface area contributed by atoms with E-state index in [-0.39, 0.29) is 5.91 Å². The molecule has 0 saturated heterocycles. The number of nitrogens with one attached hydrogen (secondary N) is 1. The Kier molecular flexibility index (Phi) is 18.1. The van der Waals surface area contributed by atoms with Crippen molar-refractivity contribution in [1.29, 1.82) is 0 Å². The third kappa shape index (κ3) is 17.5. The number of carbonyl (C=O) groups excluding carboxylic acids is 1. The molecule has 0 radical (unpaired) electrons. The maximum Gasteiger partial charge on any atom is 0.219 e. The average molecular weight is 312 g/mol. The minimum Gasteiger partial charge on any atom is -0.356 e. The molecule has 0 aliphatic rings. The quantitative estimate of drug-likeness (QED) is 0.310. The van der Waals surface area contributed by atoms with E-state index in [4.69, 9.17) is 0 Å². The first-order valence-corrected chi connectivity index (χ1v) is 10.1. The van der Waals surface area contributed by atoms with Gasteiger partial charge in [0.2, 0.25) is 5.91 Å². The number of hydrogen-bond acceptors (Lipinski definition) is 1. The molecule has 0 atom stereocenters. The molecule has 0 aliphatic heterocycles. The summed E-state index contributed by atoms with van der Waals surface area (Å²) < 4.78 is 0. The zero-order valence-corrected chi connectivity index (χ0v) is 15.4. The zero-order chi connectivity index (χ0) is 16.3. The van der Waals surface area contributed by atoms with Crippen molar-refractivity contribution in [1.82, 2.24) is 5.32 Å². The highest BCUT2D eigenvalue weighted by molar-refractivity contribution is 5.75. The molecule has 0 aromatic rings. The van der Waals surface area contributed by atoms with Gasteiger partial charge < -0.3 is 5.32 Å². The van der Waals surface area contributed by atoms with Gasteiger partial charge in [0, 0.05) is 13.0 Å². The standard InChI is InChI=1S/C20H41NO/c1-3-5-7-8-9-10-11-12-13-14-15-16-17-18-20(22)21-19-6-4-2/h3-19H2,1-2H3,(H,21,22). The van der Waals surface area contributed by atoms with Crippen molar-refractivity contribution in [3.05, 3.63) is 0 Å². The molecule has 1 N–H and O–H groups in total. The SMILES string of the molecule is CCCCCCCCCCCCCCCC(=O)NCCCC. The van der Waals surface area contributed by atoms with Crippen LogP contribution in [0.15, 0.2) is 0 Å². The summed E-state index contributed by atoms with van der Waals surface area (Å²) in [5.74, 6) is 0.247. The van der Waals surface area contributed by atoms with Crippen molar-refractivity contribution in [2.75, 3.05) is 6.54 Å². The largest absolute Gasteiger partial charge is 0.356 e. The Morgan fingerprint density at radius 2 is 1.00 bits per heavy atom. The highest BCUT2D eigenvalue weighted by Crippen LogP contribution is 2.12. The minimum atomic E-state index is 0.247. The van der Waals surface area contributed by atoms with Gasteiger partial charge in [0.25, 0.3) is 0 Å². The third-order valence-corrected chi connectivity index (χ3v) is 4.36. The van der Waals surface area contributed by atoms with Gasteiger partial charge in [-0.2, -0.15) is 0 Å². The zero-order valence-electron chi connectivity index (χ0n) is 15.4. The second-order valence-corrected chi connectivity index (χ2v) is 6.70.